The monoisotopic (exact) mass is 416 g/mol. The Labute approximate surface area is 182 Å². The molecule has 0 spiro atoms. The quantitative estimate of drug-likeness (QED) is 0.619. The fourth-order valence-electron chi connectivity index (χ4n) is 3.57. The van der Waals surface area contributed by atoms with Gasteiger partial charge in [0.25, 0.3) is 5.91 Å². The largest absolute Gasteiger partial charge is 0.334 e. The molecule has 0 atom stereocenters. The van der Waals surface area contributed by atoms with Gasteiger partial charge in [-0.05, 0) is 43.2 Å². The number of anilines is 2. The van der Waals surface area contributed by atoms with E-state index >= 15 is 0 Å². The predicted octanol–water partition coefficient (Wildman–Crippen LogP) is 5.12. The van der Waals surface area contributed by atoms with Crippen LogP contribution in [0.25, 0.3) is 11.3 Å². The molecule has 0 bridgehead atoms. The Bertz CT molecular complexity index is 1100. The summed E-state index contributed by atoms with van der Waals surface area (Å²) in [4.78, 5) is 29.8. The Morgan fingerprint density at radius 2 is 1.71 bits per heavy atom. The molecule has 0 saturated carbocycles. The highest BCUT2D eigenvalue weighted by atomic mass is 16.2. The highest BCUT2D eigenvalue weighted by Crippen LogP contribution is 2.25. The van der Waals surface area contributed by atoms with Crippen molar-refractivity contribution in [3.63, 3.8) is 0 Å². The van der Waals surface area contributed by atoms with Crippen molar-refractivity contribution in [1.82, 2.24) is 9.55 Å². The van der Waals surface area contributed by atoms with Crippen molar-refractivity contribution in [2.24, 2.45) is 5.41 Å². The van der Waals surface area contributed by atoms with Gasteiger partial charge in [-0.1, -0.05) is 39.0 Å². The van der Waals surface area contributed by atoms with Crippen LogP contribution in [0, 0.1) is 5.41 Å². The highest BCUT2D eigenvalue weighted by molar-refractivity contribution is 6.05. The zero-order valence-electron chi connectivity index (χ0n) is 18.2. The maximum atomic E-state index is 12.8. The van der Waals surface area contributed by atoms with E-state index < -0.39 is 5.41 Å². The first kappa shape index (κ1) is 20.8. The second kappa shape index (κ2) is 8.38. The molecule has 160 valence electrons. The van der Waals surface area contributed by atoms with E-state index in [0.717, 1.165) is 30.0 Å². The standard InChI is InChI=1S/C25H28N4O2/c1-25(2,3)24(31)27-20-11-7-9-18(15-20)23(30)26-19-10-6-8-17(14-19)21-16-29-13-5-4-12-22(29)28-21/h6-11,14-16H,4-5,12-13H2,1-3H3,(H,26,30)(H,27,31). The molecule has 1 aromatic heterocycles. The molecule has 6 heteroatoms. The number of fused-ring (bicyclic) bond motifs is 1. The molecule has 2 N–H and O–H groups in total. The second-order valence-corrected chi connectivity index (χ2v) is 9.01. The second-order valence-electron chi connectivity index (χ2n) is 9.01. The van der Waals surface area contributed by atoms with Crippen molar-refractivity contribution in [3.8, 4) is 11.3 Å². The molecular weight excluding hydrogens is 388 g/mol. The van der Waals surface area contributed by atoms with Crippen LogP contribution < -0.4 is 10.6 Å². The van der Waals surface area contributed by atoms with Gasteiger partial charge in [0.05, 0.1) is 5.69 Å². The van der Waals surface area contributed by atoms with Crippen molar-refractivity contribution < 1.29 is 9.59 Å². The van der Waals surface area contributed by atoms with Crippen molar-refractivity contribution in [2.45, 2.75) is 46.6 Å². The first-order valence-corrected chi connectivity index (χ1v) is 10.7. The van der Waals surface area contributed by atoms with E-state index in [4.69, 9.17) is 4.98 Å². The molecule has 2 heterocycles. The van der Waals surface area contributed by atoms with Gasteiger partial charge in [-0.2, -0.15) is 0 Å². The lowest BCUT2D eigenvalue weighted by Gasteiger charge is -2.18. The number of aromatic nitrogens is 2. The van der Waals surface area contributed by atoms with Gasteiger partial charge in [-0.3, -0.25) is 9.59 Å². The average molecular weight is 417 g/mol. The van der Waals surface area contributed by atoms with Gasteiger partial charge >= 0.3 is 0 Å². The van der Waals surface area contributed by atoms with Crippen molar-refractivity contribution in [1.29, 1.82) is 0 Å². The van der Waals surface area contributed by atoms with Crippen LogP contribution in [0.4, 0.5) is 11.4 Å². The topological polar surface area (TPSA) is 76.0 Å². The number of rotatable bonds is 4. The third-order valence-corrected chi connectivity index (χ3v) is 5.39. The molecule has 0 saturated heterocycles. The number of carbonyl (C=O) groups excluding carboxylic acids is 2. The maximum absolute atomic E-state index is 12.8. The van der Waals surface area contributed by atoms with Crippen molar-refractivity contribution in [3.05, 3.63) is 66.1 Å². The number of aryl methyl sites for hydroxylation is 2. The van der Waals surface area contributed by atoms with Crippen molar-refractivity contribution in [2.75, 3.05) is 10.6 Å². The Morgan fingerprint density at radius 1 is 0.968 bits per heavy atom. The number of nitrogens with one attached hydrogen (secondary N) is 2. The SMILES string of the molecule is CC(C)(C)C(=O)Nc1cccc(C(=O)Nc2cccc(-c3cn4c(n3)CCCC4)c2)c1. The Kier molecular flexibility index (Phi) is 5.63. The summed E-state index contributed by atoms with van der Waals surface area (Å²) in [7, 11) is 0. The Hall–Kier alpha value is -3.41. The number of benzene rings is 2. The van der Waals surface area contributed by atoms with Gasteiger partial charge in [-0.25, -0.2) is 4.98 Å². The molecule has 0 radical (unpaired) electrons. The molecule has 1 aliphatic rings. The summed E-state index contributed by atoms with van der Waals surface area (Å²) in [5.74, 6) is 0.804. The number of imidazole rings is 1. The smallest absolute Gasteiger partial charge is 0.255 e. The molecule has 0 fully saturated rings. The summed E-state index contributed by atoms with van der Waals surface area (Å²) in [5.41, 5.74) is 3.19. The molecule has 6 nitrogen and oxygen atoms in total. The minimum atomic E-state index is -0.509. The lowest BCUT2D eigenvalue weighted by atomic mass is 9.95. The van der Waals surface area contributed by atoms with E-state index in [1.807, 2.05) is 45.0 Å². The molecule has 2 amide bonds. The lowest BCUT2D eigenvalue weighted by Crippen LogP contribution is -2.27. The number of nitrogens with zero attached hydrogens (tertiary/aromatic N) is 2. The third kappa shape index (κ3) is 4.85. The Balaban J connectivity index is 1.49. The normalized spacial score (nSPS) is 13.4. The lowest BCUT2D eigenvalue weighted by molar-refractivity contribution is -0.123. The molecule has 4 rings (SSSR count). The zero-order valence-corrected chi connectivity index (χ0v) is 18.2. The number of carbonyl (C=O) groups is 2. The fraction of sp³-hybridized carbons (Fsp3) is 0.320. The molecule has 31 heavy (non-hydrogen) atoms. The fourth-order valence-corrected chi connectivity index (χ4v) is 3.57. The maximum Gasteiger partial charge on any atom is 0.255 e. The summed E-state index contributed by atoms with van der Waals surface area (Å²) >= 11 is 0. The van der Waals surface area contributed by atoms with Crippen LogP contribution in [0.2, 0.25) is 0 Å². The minimum absolute atomic E-state index is 0.0967. The van der Waals surface area contributed by atoms with Crippen molar-refractivity contribution >= 4 is 23.2 Å². The van der Waals surface area contributed by atoms with Crippen LogP contribution in [0.3, 0.4) is 0 Å². The predicted molar refractivity (Wildman–Crippen MR) is 123 cm³/mol. The molecule has 2 aromatic carbocycles. The van der Waals surface area contributed by atoms with Crippen LogP contribution >= 0.6 is 0 Å². The van der Waals surface area contributed by atoms with Gasteiger partial charge < -0.3 is 15.2 Å². The summed E-state index contributed by atoms with van der Waals surface area (Å²) in [6.07, 6.45) is 5.48. The number of hydrogen-bond donors (Lipinski definition) is 2. The van der Waals surface area contributed by atoms with E-state index in [2.05, 4.69) is 21.4 Å². The molecular formula is C25H28N4O2. The highest BCUT2D eigenvalue weighted by Gasteiger charge is 2.21. The summed E-state index contributed by atoms with van der Waals surface area (Å²) < 4.78 is 2.22. The van der Waals surface area contributed by atoms with Crippen LogP contribution in [0.15, 0.2) is 54.7 Å². The number of amides is 2. The van der Waals surface area contributed by atoms with Crippen LogP contribution in [0.1, 0.15) is 49.8 Å². The van der Waals surface area contributed by atoms with Crippen LogP contribution in [-0.4, -0.2) is 21.4 Å². The van der Waals surface area contributed by atoms with E-state index in [1.165, 1.54) is 12.8 Å². The van der Waals surface area contributed by atoms with Gasteiger partial charge in [0.2, 0.25) is 5.91 Å². The molecule has 1 aliphatic heterocycles. The third-order valence-electron chi connectivity index (χ3n) is 5.39. The van der Waals surface area contributed by atoms with E-state index in [0.29, 0.717) is 16.9 Å². The van der Waals surface area contributed by atoms with Crippen LogP contribution in [0.5, 0.6) is 0 Å². The summed E-state index contributed by atoms with van der Waals surface area (Å²) in [6.45, 7) is 6.56. The average Bonchev–Trinajstić information content (AvgIpc) is 3.18. The van der Waals surface area contributed by atoms with Gasteiger partial charge in [-0.15, -0.1) is 0 Å². The molecule has 0 aliphatic carbocycles. The van der Waals surface area contributed by atoms with Gasteiger partial charge in [0.1, 0.15) is 5.82 Å². The molecule has 3 aromatic rings. The summed E-state index contributed by atoms with van der Waals surface area (Å²) in [5, 5.41) is 5.82. The first-order chi connectivity index (χ1) is 14.8. The first-order valence-electron chi connectivity index (χ1n) is 10.7. The van der Waals surface area contributed by atoms with Gasteiger partial charge in [0, 0.05) is 47.1 Å². The van der Waals surface area contributed by atoms with Crippen LogP contribution in [-0.2, 0) is 17.8 Å². The molecule has 0 unspecified atom stereocenters. The number of hydrogen-bond acceptors (Lipinski definition) is 3. The summed E-state index contributed by atoms with van der Waals surface area (Å²) in [6, 6.07) is 14.7. The minimum Gasteiger partial charge on any atom is -0.334 e. The zero-order chi connectivity index (χ0) is 22.0. The van der Waals surface area contributed by atoms with Gasteiger partial charge in [0.15, 0.2) is 0 Å². The van der Waals surface area contributed by atoms with E-state index in [-0.39, 0.29) is 11.8 Å². The van der Waals surface area contributed by atoms with E-state index in [9.17, 15) is 9.59 Å². The Morgan fingerprint density at radius 3 is 2.45 bits per heavy atom. The van der Waals surface area contributed by atoms with E-state index in [1.54, 1.807) is 24.3 Å².